The van der Waals surface area contributed by atoms with Crippen LogP contribution in [0.3, 0.4) is 0 Å². The minimum absolute atomic E-state index is 0.0388. The number of rotatable bonds is 6. The van der Waals surface area contributed by atoms with Gasteiger partial charge in [0, 0.05) is 31.8 Å². The van der Waals surface area contributed by atoms with E-state index in [1.54, 1.807) is 14.2 Å². The molecule has 1 atom stereocenters. The molecule has 2 aliphatic rings. The van der Waals surface area contributed by atoms with Gasteiger partial charge >= 0.3 is 0 Å². The fraction of sp³-hybridized carbons (Fsp3) is 0.550. The van der Waals surface area contributed by atoms with Crippen LogP contribution in [0.25, 0.3) is 0 Å². The number of carbonyl (C=O) groups excluding carboxylic acids is 3. The first-order valence-corrected chi connectivity index (χ1v) is 9.83. The monoisotopic (exact) mass is 408 g/mol. The van der Waals surface area contributed by atoms with E-state index in [1.807, 2.05) is 17.0 Å². The Balaban J connectivity index is 1.55. The molecule has 152 valence electrons. The molecule has 0 aliphatic carbocycles. The minimum Gasteiger partial charge on any atom is -0.495 e. The number of likely N-dealkylation sites (tertiary alicyclic amines) is 1. The molecule has 1 aromatic rings. The summed E-state index contributed by atoms with van der Waals surface area (Å²) < 4.78 is 10.7. The van der Waals surface area contributed by atoms with Crippen LogP contribution in [0.15, 0.2) is 12.1 Å². The van der Waals surface area contributed by atoms with Gasteiger partial charge < -0.3 is 14.4 Å². The standard InChI is InChI=1S/C20H25ClN2O5/c1-27-15-9-14(10-16(28-2)19(15)21)12-5-7-23(8-6-12)18(25)4-3-13-11-17(24)22-20(13)26/h9-10,12-13H,3-8,11H2,1-2H3,(H,22,24,26)/t13-/m0/s1. The maximum absolute atomic E-state index is 12.5. The van der Waals surface area contributed by atoms with E-state index in [-0.39, 0.29) is 30.1 Å². The largest absolute Gasteiger partial charge is 0.495 e. The summed E-state index contributed by atoms with van der Waals surface area (Å²) in [4.78, 5) is 37.2. The fourth-order valence-electron chi connectivity index (χ4n) is 3.88. The lowest BCUT2D eigenvalue weighted by atomic mass is 9.89. The fourth-order valence-corrected chi connectivity index (χ4v) is 4.15. The summed E-state index contributed by atoms with van der Waals surface area (Å²) in [6, 6.07) is 3.87. The topological polar surface area (TPSA) is 84.9 Å². The zero-order valence-corrected chi connectivity index (χ0v) is 16.9. The maximum atomic E-state index is 12.5. The minimum atomic E-state index is -0.372. The molecule has 2 fully saturated rings. The number of nitrogens with zero attached hydrogens (tertiary/aromatic N) is 1. The second-order valence-electron chi connectivity index (χ2n) is 7.25. The third kappa shape index (κ3) is 4.41. The van der Waals surface area contributed by atoms with Crippen molar-refractivity contribution in [2.75, 3.05) is 27.3 Å². The van der Waals surface area contributed by atoms with Crippen molar-refractivity contribution in [2.45, 2.75) is 38.0 Å². The van der Waals surface area contributed by atoms with Crippen molar-refractivity contribution in [1.82, 2.24) is 10.2 Å². The van der Waals surface area contributed by atoms with Gasteiger partial charge in [-0.1, -0.05) is 11.6 Å². The van der Waals surface area contributed by atoms with Crippen molar-refractivity contribution in [1.29, 1.82) is 0 Å². The van der Waals surface area contributed by atoms with E-state index >= 15 is 0 Å². The van der Waals surface area contributed by atoms with Crippen LogP contribution in [-0.4, -0.2) is 49.9 Å². The third-order valence-electron chi connectivity index (χ3n) is 5.56. The van der Waals surface area contributed by atoms with Gasteiger partial charge in [-0.15, -0.1) is 0 Å². The first kappa shape index (κ1) is 20.5. The zero-order valence-electron chi connectivity index (χ0n) is 16.1. The van der Waals surface area contributed by atoms with Crippen molar-refractivity contribution >= 4 is 29.3 Å². The predicted molar refractivity (Wildman–Crippen MR) is 104 cm³/mol. The summed E-state index contributed by atoms with van der Waals surface area (Å²) in [5, 5.41) is 2.74. The Hall–Kier alpha value is -2.28. The molecule has 0 radical (unpaired) electrons. The summed E-state index contributed by atoms with van der Waals surface area (Å²) in [6.45, 7) is 1.32. The van der Waals surface area contributed by atoms with E-state index in [4.69, 9.17) is 21.1 Å². The lowest BCUT2D eigenvalue weighted by Crippen LogP contribution is -2.38. The number of amides is 3. The molecule has 1 aromatic carbocycles. The Kier molecular flexibility index (Phi) is 6.44. The van der Waals surface area contributed by atoms with Gasteiger partial charge in [0.05, 0.1) is 14.2 Å². The number of imide groups is 1. The normalized spacial score (nSPS) is 20.2. The second-order valence-corrected chi connectivity index (χ2v) is 7.62. The van der Waals surface area contributed by atoms with E-state index in [9.17, 15) is 14.4 Å². The van der Waals surface area contributed by atoms with Crippen LogP contribution in [0, 0.1) is 5.92 Å². The molecule has 2 aliphatic heterocycles. The SMILES string of the molecule is COc1cc(C2CCN(C(=O)CC[C@H]3CC(=O)NC3=O)CC2)cc(OC)c1Cl. The second kappa shape index (κ2) is 8.82. The summed E-state index contributed by atoms with van der Waals surface area (Å²) in [5.41, 5.74) is 1.09. The smallest absolute Gasteiger partial charge is 0.230 e. The maximum Gasteiger partial charge on any atom is 0.230 e. The van der Waals surface area contributed by atoms with Gasteiger partial charge in [-0.2, -0.15) is 0 Å². The average Bonchev–Trinajstić information content (AvgIpc) is 3.03. The van der Waals surface area contributed by atoms with Crippen molar-refractivity contribution in [3.8, 4) is 11.5 Å². The first-order chi connectivity index (χ1) is 13.4. The van der Waals surface area contributed by atoms with Crippen LogP contribution in [0.1, 0.15) is 43.6 Å². The Morgan fingerprint density at radius 2 is 1.79 bits per heavy atom. The molecule has 3 rings (SSSR count). The van der Waals surface area contributed by atoms with Crippen LogP contribution in [0.5, 0.6) is 11.5 Å². The number of ether oxygens (including phenoxy) is 2. The van der Waals surface area contributed by atoms with Crippen LogP contribution in [0.2, 0.25) is 5.02 Å². The summed E-state index contributed by atoms with van der Waals surface area (Å²) >= 11 is 6.24. The molecule has 0 saturated carbocycles. The van der Waals surface area contributed by atoms with Gasteiger partial charge in [0.25, 0.3) is 0 Å². The van der Waals surface area contributed by atoms with Crippen LogP contribution >= 0.6 is 11.6 Å². The molecule has 3 amide bonds. The molecule has 7 nitrogen and oxygen atoms in total. The zero-order chi connectivity index (χ0) is 20.3. The molecule has 2 heterocycles. The quantitative estimate of drug-likeness (QED) is 0.731. The summed E-state index contributed by atoms with van der Waals surface area (Å²) in [7, 11) is 3.15. The van der Waals surface area contributed by atoms with Gasteiger partial charge in [0.2, 0.25) is 17.7 Å². The van der Waals surface area contributed by atoms with E-state index in [0.717, 1.165) is 18.4 Å². The number of hydrogen-bond acceptors (Lipinski definition) is 5. The van der Waals surface area contributed by atoms with Crippen molar-refractivity contribution < 1.29 is 23.9 Å². The Labute approximate surface area is 169 Å². The lowest BCUT2D eigenvalue weighted by Gasteiger charge is -2.32. The van der Waals surface area contributed by atoms with Crippen molar-refractivity contribution in [3.63, 3.8) is 0 Å². The lowest BCUT2D eigenvalue weighted by molar-refractivity contribution is -0.132. The summed E-state index contributed by atoms with van der Waals surface area (Å²) in [5.74, 6) is 0.610. The third-order valence-corrected chi connectivity index (χ3v) is 5.93. The predicted octanol–water partition coefficient (Wildman–Crippen LogP) is 2.51. The molecule has 8 heteroatoms. The highest BCUT2D eigenvalue weighted by atomic mass is 35.5. The van der Waals surface area contributed by atoms with Crippen molar-refractivity contribution in [3.05, 3.63) is 22.7 Å². The van der Waals surface area contributed by atoms with Crippen molar-refractivity contribution in [2.24, 2.45) is 5.92 Å². The molecule has 0 bridgehead atoms. The summed E-state index contributed by atoms with van der Waals surface area (Å²) in [6.07, 6.45) is 2.57. The van der Waals surface area contributed by atoms with E-state index < -0.39 is 0 Å². The number of halogens is 1. The number of methoxy groups -OCH3 is 2. The highest BCUT2D eigenvalue weighted by molar-refractivity contribution is 6.33. The van der Waals surface area contributed by atoms with E-state index in [2.05, 4.69) is 5.32 Å². The number of benzene rings is 1. The van der Waals surface area contributed by atoms with Gasteiger partial charge in [-0.05, 0) is 42.9 Å². The molecular formula is C20H25ClN2O5. The van der Waals surface area contributed by atoms with Gasteiger partial charge in [0.1, 0.15) is 16.5 Å². The number of hydrogen-bond donors (Lipinski definition) is 1. The van der Waals surface area contributed by atoms with Crippen LogP contribution in [0.4, 0.5) is 0 Å². The van der Waals surface area contributed by atoms with E-state index in [0.29, 0.717) is 48.4 Å². The van der Waals surface area contributed by atoms with Gasteiger partial charge in [-0.25, -0.2) is 0 Å². The van der Waals surface area contributed by atoms with E-state index in [1.165, 1.54) is 0 Å². The average molecular weight is 409 g/mol. The molecular weight excluding hydrogens is 384 g/mol. The molecule has 0 unspecified atom stereocenters. The molecule has 28 heavy (non-hydrogen) atoms. The number of piperidine rings is 1. The Morgan fingerprint density at radius 3 is 2.29 bits per heavy atom. The molecule has 2 saturated heterocycles. The highest BCUT2D eigenvalue weighted by Gasteiger charge is 2.32. The molecule has 1 N–H and O–H groups in total. The van der Waals surface area contributed by atoms with Crippen LogP contribution < -0.4 is 14.8 Å². The van der Waals surface area contributed by atoms with Gasteiger partial charge in [-0.3, -0.25) is 19.7 Å². The van der Waals surface area contributed by atoms with Gasteiger partial charge in [0.15, 0.2) is 0 Å². The highest BCUT2D eigenvalue weighted by Crippen LogP contribution is 2.39. The number of carbonyl (C=O) groups is 3. The Morgan fingerprint density at radius 1 is 1.18 bits per heavy atom. The molecule has 0 spiro atoms. The van der Waals surface area contributed by atoms with Crippen LogP contribution in [-0.2, 0) is 14.4 Å². The first-order valence-electron chi connectivity index (χ1n) is 9.45. The molecule has 0 aromatic heterocycles. The number of nitrogens with one attached hydrogen (secondary N) is 1. The Bertz CT molecular complexity index is 749.